The van der Waals surface area contributed by atoms with Gasteiger partial charge in [-0.05, 0) is 31.7 Å². The predicted molar refractivity (Wildman–Crippen MR) is 75.1 cm³/mol. The molecule has 0 aliphatic carbocycles. The predicted octanol–water partition coefficient (Wildman–Crippen LogP) is 0.748. The summed E-state index contributed by atoms with van der Waals surface area (Å²) in [5, 5.41) is 0. The van der Waals surface area contributed by atoms with Gasteiger partial charge in [0.25, 0.3) is 0 Å². The molecule has 21 heavy (non-hydrogen) atoms. The van der Waals surface area contributed by atoms with E-state index in [0.29, 0.717) is 6.54 Å². The van der Waals surface area contributed by atoms with Crippen LogP contribution in [0.3, 0.4) is 0 Å². The molecule has 1 heterocycles. The van der Waals surface area contributed by atoms with E-state index in [2.05, 4.69) is 0 Å². The monoisotopic (exact) mass is 319 g/mol. The molecule has 5 nitrogen and oxygen atoms in total. The minimum Gasteiger partial charge on any atom is -0.326 e. The second kappa shape index (κ2) is 5.96. The Labute approximate surface area is 123 Å². The molecule has 2 rings (SSSR count). The summed E-state index contributed by atoms with van der Waals surface area (Å²) in [5.74, 6) is -2.54. The number of benzene rings is 1. The van der Waals surface area contributed by atoms with Gasteiger partial charge in [-0.2, -0.15) is 4.31 Å². The fourth-order valence-electron chi connectivity index (χ4n) is 2.30. The highest BCUT2D eigenvalue weighted by molar-refractivity contribution is 7.89. The highest BCUT2D eigenvalue weighted by Crippen LogP contribution is 2.25. The molecule has 0 bridgehead atoms. The maximum Gasteiger partial charge on any atom is 0.246 e. The summed E-state index contributed by atoms with van der Waals surface area (Å²) < 4.78 is 53.7. The molecule has 1 aliphatic heterocycles. The quantitative estimate of drug-likeness (QED) is 0.893. The molecule has 1 aliphatic rings. The Morgan fingerprint density at radius 2 is 2.00 bits per heavy atom. The lowest BCUT2D eigenvalue weighted by molar-refractivity contribution is 0.159. The summed E-state index contributed by atoms with van der Waals surface area (Å²) in [6.07, 6.45) is 0. The van der Waals surface area contributed by atoms with Crippen LogP contribution in [0.4, 0.5) is 8.78 Å². The molecule has 8 heteroatoms. The number of sulfonamides is 1. The Balaban J connectivity index is 2.42. The standard InChI is InChI=1S/C13H19F2N3O2S/c1-9-8-18(4-3-17(9)2)21(19,20)12-6-10(7-16)5-11(14)13(12)15/h5-6,9H,3-4,7-8,16H2,1-2H3. The van der Waals surface area contributed by atoms with Gasteiger partial charge in [-0.1, -0.05) is 0 Å². The first-order valence-corrected chi connectivity index (χ1v) is 8.09. The Bertz CT molecular complexity index is 637. The van der Waals surface area contributed by atoms with Crippen LogP contribution < -0.4 is 5.73 Å². The third kappa shape index (κ3) is 3.08. The number of piperazine rings is 1. The van der Waals surface area contributed by atoms with Crippen molar-refractivity contribution >= 4 is 10.0 Å². The number of likely N-dealkylation sites (N-methyl/N-ethyl adjacent to an activating group) is 1. The van der Waals surface area contributed by atoms with Gasteiger partial charge in [0.2, 0.25) is 10.0 Å². The molecule has 1 aromatic carbocycles. The second-order valence-corrected chi connectivity index (χ2v) is 7.19. The molecular formula is C13H19F2N3O2S. The zero-order chi connectivity index (χ0) is 15.8. The Morgan fingerprint density at radius 3 is 2.57 bits per heavy atom. The van der Waals surface area contributed by atoms with E-state index in [9.17, 15) is 17.2 Å². The summed E-state index contributed by atoms with van der Waals surface area (Å²) >= 11 is 0. The highest BCUT2D eigenvalue weighted by Gasteiger charge is 2.33. The molecule has 1 fully saturated rings. The summed E-state index contributed by atoms with van der Waals surface area (Å²) in [5.41, 5.74) is 5.64. The fraction of sp³-hybridized carbons (Fsp3) is 0.538. The van der Waals surface area contributed by atoms with Crippen molar-refractivity contribution in [3.8, 4) is 0 Å². The van der Waals surface area contributed by atoms with Gasteiger partial charge in [0.1, 0.15) is 4.90 Å². The van der Waals surface area contributed by atoms with E-state index in [0.717, 1.165) is 12.1 Å². The molecule has 1 saturated heterocycles. The molecule has 0 saturated carbocycles. The van der Waals surface area contributed by atoms with Crippen molar-refractivity contribution in [2.45, 2.75) is 24.4 Å². The Hall–Kier alpha value is -1.09. The number of nitrogens with two attached hydrogens (primary N) is 1. The fourth-order valence-corrected chi connectivity index (χ4v) is 3.93. The normalized spacial score (nSPS) is 21.7. The van der Waals surface area contributed by atoms with E-state index in [1.807, 2.05) is 18.9 Å². The minimum atomic E-state index is -4.07. The molecule has 1 unspecified atom stereocenters. The van der Waals surface area contributed by atoms with Crippen molar-refractivity contribution < 1.29 is 17.2 Å². The van der Waals surface area contributed by atoms with Gasteiger partial charge < -0.3 is 10.6 Å². The van der Waals surface area contributed by atoms with Crippen LogP contribution in [0.2, 0.25) is 0 Å². The van der Waals surface area contributed by atoms with Crippen molar-refractivity contribution in [2.75, 3.05) is 26.7 Å². The average molecular weight is 319 g/mol. The van der Waals surface area contributed by atoms with Crippen molar-refractivity contribution in [2.24, 2.45) is 5.73 Å². The SMILES string of the molecule is CC1CN(S(=O)(=O)c2cc(CN)cc(F)c2F)CCN1C. The van der Waals surface area contributed by atoms with Gasteiger partial charge >= 0.3 is 0 Å². The number of nitrogens with zero attached hydrogens (tertiary/aromatic N) is 2. The van der Waals surface area contributed by atoms with Gasteiger partial charge in [0, 0.05) is 32.2 Å². The molecule has 2 N–H and O–H groups in total. The molecule has 0 aromatic heterocycles. The molecule has 1 aromatic rings. The van der Waals surface area contributed by atoms with Crippen LogP contribution in [0.15, 0.2) is 17.0 Å². The van der Waals surface area contributed by atoms with Crippen LogP contribution in [0, 0.1) is 11.6 Å². The van der Waals surface area contributed by atoms with Crippen LogP contribution in [0.25, 0.3) is 0 Å². The van der Waals surface area contributed by atoms with Crippen LogP contribution in [-0.4, -0.2) is 50.3 Å². The maximum atomic E-state index is 13.9. The lowest BCUT2D eigenvalue weighted by Gasteiger charge is -2.36. The Morgan fingerprint density at radius 1 is 1.33 bits per heavy atom. The zero-order valence-corrected chi connectivity index (χ0v) is 12.8. The van der Waals surface area contributed by atoms with E-state index >= 15 is 0 Å². The molecule has 0 amide bonds. The lowest BCUT2D eigenvalue weighted by Crippen LogP contribution is -2.52. The van der Waals surface area contributed by atoms with Crippen LogP contribution in [-0.2, 0) is 16.6 Å². The van der Waals surface area contributed by atoms with Crippen molar-refractivity contribution in [1.29, 1.82) is 0 Å². The first kappa shape index (κ1) is 16.3. The van der Waals surface area contributed by atoms with E-state index in [1.165, 1.54) is 4.31 Å². The summed E-state index contributed by atoms with van der Waals surface area (Å²) in [7, 11) is -2.18. The third-order valence-corrected chi connectivity index (χ3v) is 5.69. The maximum absolute atomic E-state index is 13.9. The molecule has 0 radical (unpaired) electrons. The van der Waals surface area contributed by atoms with Gasteiger partial charge in [-0.3, -0.25) is 0 Å². The molecule has 0 spiro atoms. The zero-order valence-electron chi connectivity index (χ0n) is 12.0. The van der Waals surface area contributed by atoms with E-state index in [1.54, 1.807) is 0 Å². The second-order valence-electron chi connectivity index (χ2n) is 5.29. The first-order chi connectivity index (χ1) is 9.77. The summed E-state index contributed by atoms with van der Waals surface area (Å²) in [4.78, 5) is 1.37. The largest absolute Gasteiger partial charge is 0.326 e. The lowest BCUT2D eigenvalue weighted by atomic mass is 10.2. The molecular weight excluding hydrogens is 300 g/mol. The average Bonchev–Trinajstić information content (AvgIpc) is 2.44. The van der Waals surface area contributed by atoms with Crippen LogP contribution in [0.5, 0.6) is 0 Å². The van der Waals surface area contributed by atoms with Crippen molar-refractivity contribution in [3.63, 3.8) is 0 Å². The van der Waals surface area contributed by atoms with Gasteiger partial charge in [0.05, 0.1) is 0 Å². The number of hydrogen-bond acceptors (Lipinski definition) is 4. The van der Waals surface area contributed by atoms with Crippen molar-refractivity contribution in [3.05, 3.63) is 29.3 Å². The van der Waals surface area contributed by atoms with Gasteiger partial charge in [-0.25, -0.2) is 17.2 Å². The minimum absolute atomic E-state index is 0.0131. The Kier molecular flexibility index (Phi) is 4.62. The topological polar surface area (TPSA) is 66.6 Å². The van der Waals surface area contributed by atoms with E-state index in [4.69, 9.17) is 5.73 Å². The smallest absolute Gasteiger partial charge is 0.246 e. The summed E-state index contributed by atoms with van der Waals surface area (Å²) in [6.45, 7) is 2.86. The van der Waals surface area contributed by atoms with Gasteiger partial charge in [-0.15, -0.1) is 0 Å². The molecule has 1 atom stereocenters. The summed E-state index contributed by atoms with van der Waals surface area (Å²) in [6, 6.07) is 2.04. The van der Waals surface area contributed by atoms with E-state index < -0.39 is 26.6 Å². The highest BCUT2D eigenvalue weighted by atomic mass is 32.2. The molecule has 118 valence electrons. The van der Waals surface area contributed by atoms with E-state index in [-0.39, 0.29) is 31.2 Å². The number of rotatable bonds is 3. The van der Waals surface area contributed by atoms with Crippen molar-refractivity contribution in [1.82, 2.24) is 9.21 Å². The van der Waals surface area contributed by atoms with Crippen LogP contribution >= 0.6 is 0 Å². The van der Waals surface area contributed by atoms with Crippen LogP contribution in [0.1, 0.15) is 12.5 Å². The number of hydrogen-bond donors (Lipinski definition) is 1. The third-order valence-electron chi connectivity index (χ3n) is 3.83. The number of halogens is 2. The van der Waals surface area contributed by atoms with Gasteiger partial charge in [0.15, 0.2) is 11.6 Å². The first-order valence-electron chi connectivity index (χ1n) is 6.65.